The zero-order valence-electron chi connectivity index (χ0n) is 13.3. The topological polar surface area (TPSA) is 83.6 Å². The molecule has 1 aliphatic rings. The van der Waals surface area contributed by atoms with Crippen LogP contribution in [-0.4, -0.2) is 29.1 Å². The molecule has 0 spiro atoms. The summed E-state index contributed by atoms with van der Waals surface area (Å²) in [6.45, 7) is 0. The molecule has 0 bridgehead atoms. The molecule has 0 fully saturated rings. The fraction of sp³-hybridized carbons (Fsp3) is 0.263. The molecule has 1 amide bonds. The van der Waals surface area contributed by atoms with Crippen LogP contribution in [0.15, 0.2) is 54.6 Å². The number of nitrogens with zero attached hydrogens (tertiary/aromatic N) is 1. The molecule has 2 atom stereocenters. The molecular weight excluding hydrogens is 304 g/mol. The minimum absolute atomic E-state index is 0.0848. The maximum Gasteiger partial charge on any atom is 0.305 e. The Kier molecular flexibility index (Phi) is 4.62. The van der Waals surface area contributed by atoms with Crippen molar-refractivity contribution in [1.82, 2.24) is 0 Å². The van der Waals surface area contributed by atoms with E-state index in [0.29, 0.717) is 12.8 Å². The standard InChI is InChI=1S/C19H20N2O3/c20-16(10-13-6-2-1-3-7-13)19(24)21-15(12-18(22)23)11-14-8-4-5-9-17(14)21/h1-9,15-16H,10-12,20H2,(H,22,23)/t15-,16?/m1/s1. The Hall–Kier alpha value is -2.66. The fourth-order valence-corrected chi connectivity index (χ4v) is 3.26. The Labute approximate surface area is 140 Å². The highest BCUT2D eigenvalue weighted by atomic mass is 16.4. The Morgan fingerprint density at radius 1 is 1.12 bits per heavy atom. The molecule has 0 saturated heterocycles. The number of aliphatic carboxylic acids is 1. The van der Waals surface area contributed by atoms with Crippen LogP contribution in [0.3, 0.4) is 0 Å². The van der Waals surface area contributed by atoms with E-state index in [-0.39, 0.29) is 18.4 Å². The maximum atomic E-state index is 12.9. The molecule has 2 aromatic rings. The fourth-order valence-electron chi connectivity index (χ4n) is 3.26. The summed E-state index contributed by atoms with van der Waals surface area (Å²) in [7, 11) is 0. The molecule has 0 aromatic heterocycles. The van der Waals surface area contributed by atoms with E-state index in [2.05, 4.69) is 0 Å². The number of nitrogens with two attached hydrogens (primary N) is 1. The molecule has 0 saturated carbocycles. The number of anilines is 1. The molecule has 124 valence electrons. The number of carboxylic acid groups (broad SMARTS) is 1. The van der Waals surface area contributed by atoms with Crippen LogP contribution >= 0.6 is 0 Å². The van der Waals surface area contributed by atoms with E-state index in [1.807, 2.05) is 54.6 Å². The number of para-hydroxylation sites is 1. The number of hydrogen-bond acceptors (Lipinski definition) is 3. The van der Waals surface area contributed by atoms with Crippen LogP contribution in [-0.2, 0) is 22.4 Å². The van der Waals surface area contributed by atoms with Gasteiger partial charge in [0.05, 0.1) is 18.5 Å². The minimum atomic E-state index is -0.915. The third-order valence-corrected chi connectivity index (χ3v) is 4.34. The van der Waals surface area contributed by atoms with E-state index in [0.717, 1.165) is 16.8 Å². The monoisotopic (exact) mass is 324 g/mol. The van der Waals surface area contributed by atoms with Crippen LogP contribution in [0.2, 0.25) is 0 Å². The second-order valence-corrected chi connectivity index (χ2v) is 6.09. The van der Waals surface area contributed by atoms with Crippen molar-refractivity contribution in [3.63, 3.8) is 0 Å². The highest BCUT2D eigenvalue weighted by Crippen LogP contribution is 2.34. The van der Waals surface area contributed by atoms with Gasteiger partial charge in [-0.3, -0.25) is 9.59 Å². The van der Waals surface area contributed by atoms with Gasteiger partial charge >= 0.3 is 5.97 Å². The van der Waals surface area contributed by atoms with Crippen LogP contribution in [0.25, 0.3) is 0 Å². The van der Waals surface area contributed by atoms with Crippen LogP contribution in [0.4, 0.5) is 5.69 Å². The molecule has 3 N–H and O–H groups in total. The summed E-state index contributed by atoms with van der Waals surface area (Å²) >= 11 is 0. The lowest BCUT2D eigenvalue weighted by atomic mass is 10.0. The van der Waals surface area contributed by atoms with Gasteiger partial charge in [-0.15, -0.1) is 0 Å². The van der Waals surface area contributed by atoms with Crippen molar-refractivity contribution in [1.29, 1.82) is 0 Å². The van der Waals surface area contributed by atoms with Gasteiger partial charge in [0.15, 0.2) is 0 Å². The number of fused-ring (bicyclic) bond motifs is 1. The van der Waals surface area contributed by atoms with E-state index < -0.39 is 12.0 Å². The highest BCUT2D eigenvalue weighted by Gasteiger charge is 2.36. The molecule has 3 rings (SSSR count). The first-order valence-corrected chi connectivity index (χ1v) is 7.98. The zero-order chi connectivity index (χ0) is 17.1. The third-order valence-electron chi connectivity index (χ3n) is 4.34. The molecular formula is C19H20N2O3. The van der Waals surface area contributed by atoms with Crippen molar-refractivity contribution in [3.05, 3.63) is 65.7 Å². The van der Waals surface area contributed by atoms with Crippen LogP contribution in [0.5, 0.6) is 0 Å². The van der Waals surface area contributed by atoms with Crippen LogP contribution in [0.1, 0.15) is 17.5 Å². The number of benzene rings is 2. The molecule has 1 unspecified atom stereocenters. The summed E-state index contributed by atoms with van der Waals surface area (Å²) in [6.07, 6.45) is 0.892. The normalized spacial score (nSPS) is 17.4. The van der Waals surface area contributed by atoms with Crippen LogP contribution in [0, 0.1) is 0 Å². The Morgan fingerprint density at radius 2 is 1.79 bits per heavy atom. The number of hydrogen-bond donors (Lipinski definition) is 2. The van der Waals surface area contributed by atoms with Gasteiger partial charge < -0.3 is 15.7 Å². The Morgan fingerprint density at radius 3 is 2.50 bits per heavy atom. The van der Waals surface area contributed by atoms with Crippen molar-refractivity contribution in [2.75, 3.05) is 4.90 Å². The molecule has 5 heteroatoms. The van der Waals surface area contributed by atoms with Gasteiger partial charge in [-0.2, -0.15) is 0 Å². The average Bonchev–Trinajstić information content (AvgIpc) is 2.92. The summed E-state index contributed by atoms with van der Waals surface area (Å²) in [5.41, 5.74) is 8.89. The number of carbonyl (C=O) groups excluding carboxylic acids is 1. The van der Waals surface area contributed by atoms with Gasteiger partial charge in [-0.1, -0.05) is 48.5 Å². The minimum Gasteiger partial charge on any atom is -0.481 e. The first-order chi connectivity index (χ1) is 11.6. The predicted octanol–water partition coefficient (Wildman–Crippen LogP) is 1.99. The lowest BCUT2D eigenvalue weighted by Gasteiger charge is -2.27. The number of carboxylic acids is 1. The largest absolute Gasteiger partial charge is 0.481 e. The molecule has 0 aliphatic carbocycles. The van der Waals surface area contributed by atoms with Crippen molar-refractivity contribution in [2.24, 2.45) is 5.73 Å². The lowest BCUT2D eigenvalue weighted by molar-refractivity contribution is -0.137. The molecule has 1 aliphatic heterocycles. The molecule has 24 heavy (non-hydrogen) atoms. The zero-order valence-corrected chi connectivity index (χ0v) is 13.3. The first kappa shape index (κ1) is 16.2. The van der Waals surface area contributed by atoms with E-state index in [1.165, 1.54) is 0 Å². The summed E-state index contributed by atoms with van der Waals surface area (Å²) in [5.74, 6) is -1.14. The SMILES string of the molecule is NC(Cc1ccccc1)C(=O)N1c2ccccc2C[C@@H]1CC(=O)O. The summed E-state index contributed by atoms with van der Waals surface area (Å²) in [6, 6.07) is 16.0. The molecule has 0 radical (unpaired) electrons. The van der Waals surface area contributed by atoms with Gasteiger partial charge in [0.2, 0.25) is 5.91 Å². The smallest absolute Gasteiger partial charge is 0.305 e. The molecule has 5 nitrogen and oxygen atoms in total. The van der Waals surface area contributed by atoms with E-state index in [9.17, 15) is 9.59 Å². The number of carbonyl (C=O) groups is 2. The van der Waals surface area contributed by atoms with Gasteiger partial charge in [0.25, 0.3) is 0 Å². The van der Waals surface area contributed by atoms with E-state index in [4.69, 9.17) is 10.8 Å². The quantitative estimate of drug-likeness (QED) is 0.881. The number of amides is 1. The van der Waals surface area contributed by atoms with Crippen molar-refractivity contribution in [2.45, 2.75) is 31.3 Å². The maximum absolute atomic E-state index is 12.9. The van der Waals surface area contributed by atoms with Crippen molar-refractivity contribution >= 4 is 17.6 Å². The second kappa shape index (κ2) is 6.84. The Balaban J connectivity index is 1.83. The Bertz CT molecular complexity index is 745. The van der Waals surface area contributed by atoms with Gasteiger partial charge in [-0.25, -0.2) is 0 Å². The summed E-state index contributed by atoms with van der Waals surface area (Å²) in [5, 5.41) is 9.16. The average molecular weight is 324 g/mol. The van der Waals surface area contributed by atoms with E-state index >= 15 is 0 Å². The van der Waals surface area contributed by atoms with Gasteiger partial charge in [0.1, 0.15) is 0 Å². The summed E-state index contributed by atoms with van der Waals surface area (Å²) in [4.78, 5) is 25.7. The number of rotatable bonds is 5. The summed E-state index contributed by atoms with van der Waals surface area (Å²) < 4.78 is 0. The highest BCUT2D eigenvalue weighted by molar-refractivity contribution is 6.00. The van der Waals surface area contributed by atoms with Gasteiger partial charge in [0, 0.05) is 5.69 Å². The first-order valence-electron chi connectivity index (χ1n) is 7.98. The lowest BCUT2D eigenvalue weighted by Crippen LogP contribution is -2.48. The van der Waals surface area contributed by atoms with E-state index in [1.54, 1.807) is 4.90 Å². The third kappa shape index (κ3) is 3.31. The van der Waals surface area contributed by atoms with Gasteiger partial charge in [-0.05, 0) is 30.0 Å². The predicted molar refractivity (Wildman–Crippen MR) is 91.8 cm³/mol. The molecule has 2 aromatic carbocycles. The molecule has 1 heterocycles. The van der Waals surface area contributed by atoms with Crippen molar-refractivity contribution < 1.29 is 14.7 Å². The second-order valence-electron chi connectivity index (χ2n) is 6.09. The van der Waals surface area contributed by atoms with Crippen LogP contribution < -0.4 is 10.6 Å². The van der Waals surface area contributed by atoms with Crippen molar-refractivity contribution in [3.8, 4) is 0 Å².